The molecule has 132 valence electrons. The van der Waals surface area contributed by atoms with E-state index in [9.17, 15) is 9.59 Å². The van der Waals surface area contributed by atoms with Crippen molar-refractivity contribution in [2.45, 2.75) is 12.8 Å². The van der Waals surface area contributed by atoms with Crippen LogP contribution in [0.4, 0.5) is 5.69 Å². The van der Waals surface area contributed by atoms with Crippen LogP contribution >= 0.6 is 11.3 Å². The highest BCUT2D eigenvalue weighted by Gasteiger charge is 2.10. The van der Waals surface area contributed by atoms with Crippen LogP contribution in [0.5, 0.6) is 0 Å². The fourth-order valence-corrected chi connectivity index (χ4v) is 3.17. The lowest BCUT2D eigenvalue weighted by Crippen LogP contribution is -2.13. The Morgan fingerprint density at radius 2 is 1.92 bits per heavy atom. The molecule has 0 saturated heterocycles. The van der Waals surface area contributed by atoms with Gasteiger partial charge in [0, 0.05) is 41.0 Å². The van der Waals surface area contributed by atoms with E-state index in [0.29, 0.717) is 5.69 Å². The zero-order valence-electron chi connectivity index (χ0n) is 14.1. The standard InChI is InChI=1S/C19H17N3O3S/c1-25-18(24)6-5-17(23)21-15-4-2-3-14(11-15)16-12-26-19(22-16)13-7-9-20-10-8-13/h2-4,7-12H,5-6H2,1H3,(H,21,23). The lowest BCUT2D eigenvalue weighted by molar-refractivity contribution is -0.141. The number of aromatic nitrogens is 2. The number of nitrogens with one attached hydrogen (secondary N) is 1. The molecule has 3 aromatic rings. The van der Waals surface area contributed by atoms with Crippen LogP contribution in [0.2, 0.25) is 0 Å². The predicted octanol–water partition coefficient (Wildman–Crippen LogP) is 3.76. The number of esters is 1. The van der Waals surface area contributed by atoms with Gasteiger partial charge in [-0.25, -0.2) is 4.98 Å². The highest BCUT2D eigenvalue weighted by molar-refractivity contribution is 7.13. The molecule has 0 aliphatic heterocycles. The van der Waals surface area contributed by atoms with Gasteiger partial charge in [0.1, 0.15) is 5.01 Å². The number of pyridine rings is 1. The molecule has 0 saturated carbocycles. The maximum absolute atomic E-state index is 11.9. The van der Waals surface area contributed by atoms with Gasteiger partial charge in [0.05, 0.1) is 19.2 Å². The normalized spacial score (nSPS) is 10.3. The van der Waals surface area contributed by atoms with Crippen LogP contribution in [0.15, 0.2) is 54.2 Å². The summed E-state index contributed by atoms with van der Waals surface area (Å²) in [6.45, 7) is 0. The molecule has 26 heavy (non-hydrogen) atoms. The second-order valence-electron chi connectivity index (χ2n) is 5.48. The Morgan fingerprint density at radius 1 is 1.12 bits per heavy atom. The van der Waals surface area contributed by atoms with Gasteiger partial charge in [-0.2, -0.15) is 0 Å². The SMILES string of the molecule is COC(=O)CCC(=O)Nc1cccc(-c2csc(-c3ccncc3)n2)c1. The molecule has 7 heteroatoms. The van der Waals surface area contributed by atoms with E-state index in [1.807, 2.05) is 35.7 Å². The van der Waals surface area contributed by atoms with Crippen molar-refractivity contribution in [3.05, 3.63) is 54.2 Å². The summed E-state index contributed by atoms with van der Waals surface area (Å²) in [7, 11) is 1.30. The van der Waals surface area contributed by atoms with Crippen molar-refractivity contribution in [1.82, 2.24) is 9.97 Å². The number of methoxy groups -OCH3 is 1. The van der Waals surface area contributed by atoms with Gasteiger partial charge >= 0.3 is 5.97 Å². The van der Waals surface area contributed by atoms with E-state index >= 15 is 0 Å². The van der Waals surface area contributed by atoms with Crippen LogP contribution in [-0.2, 0) is 14.3 Å². The molecular formula is C19H17N3O3S. The third-order valence-electron chi connectivity index (χ3n) is 3.66. The zero-order valence-corrected chi connectivity index (χ0v) is 15.0. The zero-order chi connectivity index (χ0) is 18.4. The van der Waals surface area contributed by atoms with Crippen molar-refractivity contribution >= 4 is 28.9 Å². The molecule has 2 heterocycles. The minimum absolute atomic E-state index is 0.0589. The third-order valence-corrected chi connectivity index (χ3v) is 4.55. The Hall–Kier alpha value is -3.06. The van der Waals surface area contributed by atoms with E-state index < -0.39 is 5.97 Å². The molecule has 0 aliphatic carbocycles. The predicted molar refractivity (Wildman–Crippen MR) is 101 cm³/mol. The first-order valence-corrected chi connectivity index (χ1v) is 8.86. The van der Waals surface area contributed by atoms with Crippen LogP contribution in [0.3, 0.4) is 0 Å². The smallest absolute Gasteiger partial charge is 0.306 e. The Bertz CT molecular complexity index is 909. The molecule has 0 aliphatic rings. The second kappa shape index (κ2) is 8.35. The van der Waals surface area contributed by atoms with E-state index in [-0.39, 0.29) is 18.7 Å². The van der Waals surface area contributed by atoms with E-state index in [4.69, 9.17) is 0 Å². The van der Waals surface area contributed by atoms with Gasteiger partial charge in [0.25, 0.3) is 0 Å². The number of amides is 1. The van der Waals surface area contributed by atoms with Crippen molar-refractivity contribution in [1.29, 1.82) is 0 Å². The minimum Gasteiger partial charge on any atom is -0.469 e. The molecule has 0 spiro atoms. The molecule has 2 aromatic heterocycles. The lowest BCUT2D eigenvalue weighted by atomic mass is 10.1. The Kier molecular flexibility index (Phi) is 5.70. The summed E-state index contributed by atoms with van der Waals surface area (Å²) in [6, 6.07) is 11.3. The number of ether oxygens (including phenoxy) is 1. The first-order chi connectivity index (χ1) is 12.7. The fourth-order valence-electron chi connectivity index (χ4n) is 2.33. The van der Waals surface area contributed by atoms with Gasteiger partial charge in [-0.05, 0) is 24.3 Å². The first-order valence-electron chi connectivity index (χ1n) is 7.99. The summed E-state index contributed by atoms with van der Waals surface area (Å²) in [4.78, 5) is 31.7. The molecule has 6 nitrogen and oxygen atoms in total. The van der Waals surface area contributed by atoms with Crippen LogP contribution < -0.4 is 5.32 Å². The van der Waals surface area contributed by atoms with Crippen molar-refractivity contribution in [3.8, 4) is 21.8 Å². The Balaban J connectivity index is 1.71. The van der Waals surface area contributed by atoms with Gasteiger partial charge in [0.15, 0.2) is 0 Å². The number of anilines is 1. The molecule has 1 aromatic carbocycles. The highest BCUT2D eigenvalue weighted by Crippen LogP contribution is 2.29. The average Bonchev–Trinajstić information content (AvgIpc) is 3.17. The topological polar surface area (TPSA) is 81.2 Å². The minimum atomic E-state index is -0.403. The number of carbonyl (C=O) groups excluding carboxylic acids is 2. The molecule has 0 fully saturated rings. The van der Waals surface area contributed by atoms with Gasteiger partial charge in [0.2, 0.25) is 5.91 Å². The molecule has 0 radical (unpaired) electrons. The monoisotopic (exact) mass is 367 g/mol. The van der Waals surface area contributed by atoms with Crippen molar-refractivity contribution in [3.63, 3.8) is 0 Å². The second-order valence-corrected chi connectivity index (χ2v) is 6.34. The molecule has 0 bridgehead atoms. The fraction of sp³-hybridized carbons (Fsp3) is 0.158. The van der Waals surface area contributed by atoms with Gasteiger partial charge in [-0.15, -0.1) is 11.3 Å². The molecular weight excluding hydrogens is 350 g/mol. The number of nitrogens with zero attached hydrogens (tertiary/aromatic N) is 2. The van der Waals surface area contributed by atoms with E-state index in [0.717, 1.165) is 21.8 Å². The maximum atomic E-state index is 11.9. The van der Waals surface area contributed by atoms with Gasteiger partial charge < -0.3 is 10.1 Å². The summed E-state index contributed by atoms with van der Waals surface area (Å²) in [5, 5.41) is 5.68. The Morgan fingerprint density at radius 3 is 2.69 bits per heavy atom. The number of thiazole rings is 1. The summed E-state index contributed by atoms with van der Waals surface area (Å²) in [6.07, 6.45) is 3.62. The highest BCUT2D eigenvalue weighted by atomic mass is 32.1. The van der Waals surface area contributed by atoms with Crippen LogP contribution in [0.25, 0.3) is 21.8 Å². The largest absolute Gasteiger partial charge is 0.469 e. The third kappa shape index (κ3) is 4.52. The molecule has 3 rings (SSSR count). The van der Waals surface area contributed by atoms with E-state index in [1.54, 1.807) is 29.8 Å². The van der Waals surface area contributed by atoms with Gasteiger partial charge in [-0.1, -0.05) is 12.1 Å². The van der Waals surface area contributed by atoms with Gasteiger partial charge in [-0.3, -0.25) is 14.6 Å². The van der Waals surface area contributed by atoms with Crippen molar-refractivity contribution < 1.29 is 14.3 Å². The molecule has 0 atom stereocenters. The summed E-state index contributed by atoms with van der Waals surface area (Å²) in [5.74, 6) is -0.636. The Labute approximate surface area is 154 Å². The number of benzene rings is 1. The number of hydrogen-bond donors (Lipinski definition) is 1. The van der Waals surface area contributed by atoms with Crippen LogP contribution in [-0.4, -0.2) is 29.0 Å². The lowest BCUT2D eigenvalue weighted by Gasteiger charge is -2.06. The van der Waals surface area contributed by atoms with Crippen LogP contribution in [0, 0.1) is 0 Å². The van der Waals surface area contributed by atoms with Crippen molar-refractivity contribution in [2.75, 3.05) is 12.4 Å². The number of carbonyl (C=O) groups is 2. The van der Waals surface area contributed by atoms with Crippen molar-refractivity contribution in [2.24, 2.45) is 0 Å². The van der Waals surface area contributed by atoms with Crippen LogP contribution in [0.1, 0.15) is 12.8 Å². The summed E-state index contributed by atoms with van der Waals surface area (Å²) >= 11 is 1.55. The van der Waals surface area contributed by atoms with E-state index in [1.165, 1.54) is 7.11 Å². The molecule has 1 amide bonds. The number of rotatable bonds is 6. The quantitative estimate of drug-likeness (QED) is 0.671. The molecule has 1 N–H and O–H groups in total. The molecule has 0 unspecified atom stereocenters. The summed E-state index contributed by atoms with van der Waals surface area (Å²) in [5.41, 5.74) is 3.43. The maximum Gasteiger partial charge on any atom is 0.306 e. The average molecular weight is 367 g/mol. The first kappa shape index (κ1) is 17.8. The van der Waals surface area contributed by atoms with E-state index in [2.05, 4.69) is 20.0 Å². The number of hydrogen-bond acceptors (Lipinski definition) is 6. The summed E-state index contributed by atoms with van der Waals surface area (Å²) < 4.78 is 4.54.